The summed E-state index contributed by atoms with van der Waals surface area (Å²) in [5.41, 5.74) is 2.16. The van der Waals surface area contributed by atoms with Crippen LogP contribution in [0, 0.1) is 3.57 Å². The third-order valence-corrected chi connectivity index (χ3v) is 3.28. The zero-order valence-corrected chi connectivity index (χ0v) is 11.4. The van der Waals surface area contributed by atoms with Crippen LogP contribution in [0.2, 0.25) is 0 Å². The molecule has 0 unspecified atom stereocenters. The van der Waals surface area contributed by atoms with Crippen LogP contribution in [-0.4, -0.2) is 22.8 Å². The number of aromatic nitrogens is 2. The molecule has 5 heteroatoms. The second-order valence-corrected chi connectivity index (χ2v) is 4.43. The van der Waals surface area contributed by atoms with Gasteiger partial charge in [-0.25, -0.2) is 4.79 Å². The fourth-order valence-electron chi connectivity index (χ4n) is 1.45. The third kappa shape index (κ3) is 2.49. The largest absolute Gasteiger partial charge is 0.461 e. The zero-order chi connectivity index (χ0) is 12.3. The number of carbonyl (C=O) groups is 1. The van der Waals surface area contributed by atoms with E-state index in [1.54, 1.807) is 6.92 Å². The Morgan fingerprint density at radius 2 is 2.12 bits per heavy atom. The average molecular weight is 342 g/mol. The first-order chi connectivity index (χ1) is 8.24. The maximum Gasteiger partial charge on any atom is 0.357 e. The summed E-state index contributed by atoms with van der Waals surface area (Å²) in [5.74, 6) is -0.369. The fourth-order valence-corrected chi connectivity index (χ4v) is 2.23. The second-order valence-electron chi connectivity index (χ2n) is 3.35. The van der Waals surface area contributed by atoms with Gasteiger partial charge in [-0.15, -0.1) is 0 Å². The summed E-state index contributed by atoms with van der Waals surface area (Å²) in [6.45, 7) is 2.13. The van der Waals surface area contributed by atoms with Gasteiger partial charge < -0.3 is 4.74 Å². The highest BCUT2D eigenvalue weighted by atomic mass is 127. The van der Waals surface area contributed by atoms with Crippen molar-refractivity contribution in [3.8, 4) is 11.3 Å². The van der Waals surface area contributed by atoms with Crippen molar-refractivity contribution in [1.82, 2.24) is 10.2 Å². The molecule has 2 aromatic rings. The van der Waals surface area contributed by atoms with E-state index in [0.717, 1.165) is 14.8 Å². The highest BCUT2D eigenvalue weighted by Gasteiger charge is 2.18. The zero-order valence-electron chi connectivity index (χ0n) is 9.24. The van der Waals surface area contributed by atoms with Gasteiger partial charge in [-0.1, -0.05) is 30.3 Å². The molecule has 1 aromatic heterocycles. The topological polar surface area (TPSA) is 55.0 Å². The normalized spacial score (nSPS) is 10.2. The molecule has 0 aliphatic carbocycles. The number of carbonyl (C=O) groups excluding carboxylic acids is 1. The number of esters is 1. The van der Waals surface area contributed by atoms with Crippen LogP contribution in [0.25, 0.3) is 11.3 Å². The van der Waals surface area contributed by atoms with Crippen LogP contribution in [0.15, 0.2) is 30.3 Å². The summed E-state index contributed by atoms with van der Waals surface area (Å²) in [4.78, 5) is 11.6. The standard InChI is InChI=1S/C12H11IN2O2/c1-2-17-12(16)11-9(13)10(14-15-11)8-6-4-3-5-7-8/h3-7H,2H2,1H3,(H,14,15). The van der Waals surface area contributed by atoms with Gasteiger partial charge in [-0.05, 0) is 29.5 Å². The van der Waals surface area contributed by atoms with Crippen molar-refractivity contribution in [3.05, 3.63) is 39.6 Å². The van der Waals surface area contributed by atoms with Crippen molar-refractivity contribution >= 4 is 28.6 Å². The van der Waals surface area contributed by atoms with E-state index in [9.17, 15) is 4.79 Å². The molecule has 1 heterocycles. The molecule has 1 N–H and O–H groups in total. The van der Waals surface area contributed by atoms with Gasteiger partial charge in [0.15, 0.2) is 5.69 Å². The minimum Gasteiger partial charge on any atom is -0.461 e. The number of H-pyrrole nitrogens is 1. The second kappa shape index (κ2) is 5.31. The number of ether oxygens (including phenoxy) is 1. The number of hydrogen-bond donors (Lipinski definition) is 1. The van der Waals surface area contributed by atoms with E-state index in [0.29, 0.717) is 12.3 Å². The van der Waals surface area contributed by atoms with Gasteiger partial charge in [0.05, 0.1) is 10.2 Å². The summed E-state index contributed by atoms with van der Waals surface area (Å²) in [7, 11) is 0. The van der Waals surface area contributed by atoms with Crippen LogP contribution in [0.3, 0.4) is 0 Å². The number of nitrogens with zero attached hydrogens (tertiary/aromatic N) is 1. The quantitative estimate of drug-likeness (QED) is 0.689. The van der Waals surface area contributed by atoms with Crippen LogP contribution in [0.5, 0.6) is 0 Å². The van der Waals surface area contributed by atoms with Crippen molar-refractivity contribution in [2.75, 3.05) is 6.61 Å². The maximum atomic E-state index is 11.6. The van der Waals surface area contributed by atoms with E-state index in [-0.39, 0.29) is 5.97 Å². The van der Waals surface area contributed by atoms with E-state index < -0.39 is 0 Å². The van der Waals surface area contributed by atoms with Crippen LogP contribution in [0.4, 0.5) is 0 Å². The molecule has 0 fully saturated rings. The van der Waals surface area contributed by atoms with Gasteiger partial charge in [0.25, 0.3) is 0 Å². The molecule has 0 saturated carbocycles. The Bertz CT molecular complexity index is 523. The lowest BCUT2D eigenvalue weighted by atomic mass is 10.1. The minimum absolute atomic E-state index is 0.356. The summed E-state index contributed by atoms with van der Waals surface area (Å²) < 4.78 is 5.73. The van der Waals surface area contributed by atoms with E-state index in [2.05, 4.69) is 32.8 Å². The molecule has 0 atom stereocenters. The highest BCUT2D eigenvalue weighted by Crippen LogP contribution is 2.25. The monoisotopic (exact) mass is 342 g/mol. The average Bonchev–Trinajstić information content (AvgIpc) is 2.72. The molecule has 1 aromatic carbocycles. The van der Waals surface area contributed by atoms with Crippen molar-refractivity contribution in [2.45, 2.75) is 6.92 Å². The molecule has 0 saturated heterocycles. The van der Waals surface area contributed by atoms with Crippen molar-refractivity contribution in [2.24, 2.45) is 0 Å². The van der Waals surface area contributed by atoms with E-state index >= 15 is 0 Å². The number of benzene rings is 1. The lowest BCUT2D eigenvalue weighted by molar-refractivity contribution is 0.0518. The maximum absolute atomic E-state index is 11.6. The Balaban J connectivity index is 2.37. The van der Waals surface area contributed by atoms with Crippen LogP contribution >= 0.6 is 22.6 Å². The number of nitrogens with one attached hydrogen (secondary N) is 1. The first-order valence-corrected chi connectivity index (χ1v) is 6.28. The van der Waals surface area contributed by atoms with Gasteiger partial charge in [0.1, 0.15) is 5.69 Å². The SMILES string of the molecule is CCOC(=O)c1[nH]nc(-c2ccccc2)c1I. The Morgan fingerprint density at radius 3 is 2.76 bits per heavy atom. The molecule has 0 amide bonds. The number of aromatic amines is 1. The Labute approximate surface area is 113 Å². The van der Waals surface area contributed by atoms with Gasteiger partial charge in [0.2, 0.25) is 0 Å². The minimum atomic E-state index is -0.369. The molecule has 0 spiro atoms. The van der Waals surface area contributed by atoms with E-state index in [1.165, 1.54) is 0 Å². The molecule has 2 rings (SSSR count). The summed E-state index contributed by atoms with van der Waals surface area (Å²) in [6.07, 6.45) is 0. The molecular weight excluding hydrogens is 331 g/mol. The molecule has 0 bridgehead atoms. The molecule has 88 valence electrons. The Hall–Kier alpha value is -1.37. The Kier molecular flexibility index (Phi) is 3.78. The van der Waals surface area contributed by atoms with Gasteiger partial charge >= 0.3 is 5.97 Å². The summed E-state index contributed by atoms with van der Waals surface area (Å²) >= 11 is 2.10. The van der Waals surface area contributed by atoms with Gasteiger partial charge in [0, 0.05) is 5.56 Å². The van der Waals surface area contributed by atoms with Gasteiger partial charge in [-0.3, -0.25) is 5.10 Å². The lowest BCUT2D eigenvalue weighted by Crippen LogP contribution is -2.06. The lowest BCUT2D eigenvalue weighted by Gasteiger charge is -1.99. The molecular formula is C12H11IN2O2. The van der Waals surface area contributed by atoms with E-state index in [1.807, 2.05) is 30.3 Å². The Morgan fingerprint density at radius 1 is 1.41 bits per heavy atom. The number of halogens is 1. The van der Waals surface area contributed by atoms with Crippen LogP contribution < -0.4 is 0 Å². The van der Waals surface area contributed by atoms with Crippen molar-refractivity contribution < 1.29 is 9.53 Å². The third-order valence-electron chi connectivity index (χ3n) is 2.23. The molecule has 0 aliphatic heterocycles. The first-order valence-electron chi connectivity index (χ1n) is 5.20. The number of hydrogen-bond acceptors (Lipinski definition) is 3. The number of rotatable bonds is 3. The predicted molar refractivity (Wildman–Crippen MR) is 72.7 cm³/mol. The van der Waals surface area contributed by atoms with Crippen molar-refractivity contribution in [1.29, 1.82) is 0 Å². The summed E-state index contributed by atoms with van der Waals surface area (Å²) in [6, 6.07) is 9.71. The molecule has 0 aliphatic rings. The molecule has 4 nitrogen and oxygen atoms in total. The fraction of sp³-hybridized carbons (Fsp3) is 0.167. The highest BCUT2D eigenvalue weighted by molar-refractivity contribution is 14.1. The smallest absolute Gasteiger partial charge is 0.357 e. The van der Waals surface area contributed by atoms with Gasteiger partial charge in [-0.2, -0.15) is 5.10 Å². The first kappa shape index (κ1) is 12.1. The predicted octanol–water partition coefficient (Wildman–Crippen LogP) is 2.86. The van der Waals surface area contributed by atoms with E-state index in [4.69, 9.17) is 4.74 Å². The van der Waals surface area contributed by atoms with Crippen LogP contribution in [0.1, 0.15) is 17.4 Å². The van der Waals surface area contributed by atoms with Crippen LogP contribution in [-0.2, 0) is 4.74 Å². The molecule has 0 radical (unpaired) electrons. The molecule has 17 heavy (non-hydrogen) atoms. The summed E-state index contributed by atoms with van der Waals surface area (Å²) in [5, 5.41) is 6.88. The van der Waals surface area contributed by atoms with Crippen molar-refractivity contribution in [3.63, 3.8) is 0 Å².